The number of piperazine rings is 1. The van der Waals surface area contributed by atoms with Crippen molar-refractivity contribution in [2.24, 2.45) is 0 Å². The van der Waals surface area contributed by atoms with E-state index in [1.807, 2.05) is 0 Å². The van der Waals surface area contributed by atoms with Gasteiger partial charge in [0.15, 0.2) is 0 Å². The molecule has 1 aliphatic rings. The predicted octanol–water partition coefficient (Wildman–Crippen LogP) is -1.47. The lowest BCUT2D eigenvalue weighted by molar-refractivity contribution is -0.131. The maximum Gasteiger partial charge on any atom is 0.272 e. The van der Waals surface area contributed by atoms with Crippen LogP contribution in [0.3, 0.4) is 0 Å². The second kappa shape index (κ2) is 5.53. The molecule has 1 fully saturated rings. The molecule has 2 N–H and O–H groups in total. The highest BCUT2D eigenvalue weighted by atomic mass is 16.2. The number of hydrogen-bond acceptors (Lipinski definition) is 5. The van der Waals surface area contributed by atoms with E-state index >= 15 is 0 Å². The van der Waals surface area contributed by atoms with Crippen LogP contribution >= 0.6 is 0 Å². The van der Waals surface area contributed by atoms with E-state index in [1.54, 1.807) is 4.90 Å². The Labute approximate surface area is 98.2 Å². The van der Waals surface area contributed by atoms with Gasteiger partial charge in [0.05, 0.1) is 0 Å². The van der Waals surface area contributed by atoms with Gasteiger partial charge in [-0.05, 0) is 0 Å². The number of H-pyrrole nitrogens is 1. The molecule has 0 atom stereocenters. The number of nitrogens with zero attached hydrogens (tertiary/aromatic N) is 3. The number of carbonyl (C=O) groups excluding carboxylic acids is 1. The van der Waals surface area contributed by atoms with E-state index in [0.717, 1.165) is 26.2 Å². The number of carbonyl (C=O) groups is 1. The first kappa shape index (κ1) is 11.7. The quantitative estimate of drug-likeness (QED) is 0.669. The van der Waals surface area contributed by atoms with Crippen molar-refractivity contribution in [3.63, 3.8) is 0 Å². The first-order chi connectivity index (χ1) is 8.27. The van der Waals surface area contributed by atoms with Crippen LogP contribution in [-0.2, 0) is 11.2 Å². The van der Waals surface area contributed by atoms with Gasteiger partial charge in [0.2, 0.25) is 5.91 Å². The van der Waals surface area contributed by atoms with Crippen molar-refractivity contribution < 1.29 is 4.79 Å². The molecule has 2 heterocycles. The number of rotatable bonds is 3. The third kappa shape index (κ3) is 3.10. The van der Waals surface area contributed by atoms with Gasteiger partial charge < -0.3 is 15.2 Å². The lowest BCUT2D eigenvalue weighted by atomic mass is 10.2. The SMILES string of the molecule is O=C(CCc1nnc[nH]c1=O)N1CCNCC1. The first-order valence-corrected chi connectivity index (χ1v) is 5.65. The molecule has 1 amide bonds. The highest BCUT2D eigenvalue weighted by Gasteiger charge is 2.16. The highest BCUT2D eigenvalue weighted by molar-refractivity contribution is 5.76. The van der Waals surface area contributed by atoms with E-state index in [1.165, 1.54) is 6.33 Å². The Bertz CT molecular complexity index is 438. The molecular formula is C10H15N5O2. The zero-order valence-corrected chi connectivity index (χ0v) is 9.48. The fourth-order valence-electron chi connectivity index (χ4n) is 1.78. The molecule has 0 aromatic carbocycles. The Hall–Kier alpha value is -1.76. The van der Waals surface area contributed by atoms with Crippen molar-refractivity contribution in [3.8, 4) is 0 Å². The van der Waals surface area contributed by atoms with Gasteiger partial charge in [0, 0.05) is 39.0 Å². The minimum absolute atomic E-state index is 0.0663. The summed E-state index contributed by atoms with van der Waals surface area (Å²) in [6.07, 6.45) is 1.89. The van der Waals surface area contributed by atoms with Gasteiger partial charge in [-0.2, -0.15) is 0 Å². The summed E-state index contributed by atoms with van der Waals surface area (Å²) in [7, 11) is 0. The second-order valence-corrected chi connectivity index (χ2v) is 3.90. The van der Waals surface area contributed by atoms with E-state index in [2.05, 4.69) is 20.5 Å². The molecular weight excluding hydrogens is 222 g/mol. The van der Waals surface area contributed by atoms with Crippen LogP contribution in [0.25, 0.3) is 0 Å². The molecule has 0 bridgehead atoms. The van der Waals surface area contributed by atoms with Gasteiger partial charge in [-0.25, -0.2) is 0 Å². The smallest absolute Gasteiger partial charge is 0.272 e. The molecule has 1 saturated heterocycles. The first-order valence-electron chi connectivity index (χ1n) is 5.65. The average Bonchev–Trinajstić information content (AvgIpc) is 2.38. The minimum atomic E-state index is -0.270. The van der Waals surface area contributed by atoms with E-state index < -0.39 is 0 Å². The molecule has 7 heteroatoms. The largest absolute Gasteiger partial charge is 0.340 e. The predicted molar refractivity (Wildman–Crippen MR) is 60.4 cm³/mol. The van der Waals surface area contributed by atoms with E-state index in [4.69, 9.17) is 0 Å². The Morgan fingerprint density at radius 1 is 1.41 bits per heavy atom. The van der Waals surface area contributed by atoms with Crippen LogP contribution in [0.4, 0.5) is 0 Å². The summed E-state index contributed by atoms with van der Waals surface area (Å²) >= 11 is 0. The summed E-state index contributed by atoms with van der Waals surface area (Å²) in [5, 5.41) is 10.5. The molecule has 1 aromatic rings. The van der Waals surface area contributed by atoms with Crippen LogP contribution < -0.4 is 10.9 Å². The van der Waals surface area contributed by atoms with Crippen LogP contribution in [0.1, 0.15) is 12.1 Å². The second-order valence-electron chi connectivity index (χ2n) is 3.90. The number of aromatic nitrogens is 3. The molecule has 92 valence electrons. The van der Waals surface area contributed by atoms with Crippen LogP contribution in [-0.4, -0.2) is 52.2 Å². The number of aromatic amines is 1. The molecule has 7 nitrogen and oxygen atoms in total. The van der Waals surface area contributed by atoms with Gasteiger partial charge >= 0.3 is 0 Å². The summed E-state index contributed by atoms with van der Waals surface area (Å²) in [6, 6.07) is 0. The Morgan fingerprint density at radius 2 is 2.18 bits per heavy atom. The number of hydrogen-bond donors (Lipinski definition) is 2. The molecule has 1 aliphatic heterocycles. The molecule has 0 spiro atoms. The fourth-order valence-corrected chi connectivity index (χ4v) is 1.78. The van der Waals surface area contributed by atoms with Crippen molar-refractivity contribution in [3.05, 3.63) is 22.4 Å². The van der Waals surface area contributed by atoms with E-state index in [9.17, 15) is 9.59 Å². The molecule has 0 aliphatic carbocycles. The maximum absolute atomic E-state index is 11.8. The van der Waals surface area contributed by atoms with Gasteiger partial charge in [0.25, 0.3) is 5.56 Å². The van der Waals surface area contributed by atoms with Crippen LogP contribution in [0, 0.1) is 0 Å². The summed E-state index contributed by atoms with van der Waals surface area (Å²) < 4.78 is 0. The minimum Gasteiger partial charge on any atom is -0.340 e. The zero-order chi connectivity index (χ0) is 12.1. The molecule has 0 saturated carbocycles. The highest BCUT2D eigenvalue weighted by Crippen LogP contribution is 1.99. The zero-order valence-electron chi connectivity index (χ0n) is 9.48. The van der Waals surface area contributed by atoms with Crippen LogP contribution in [0.15, 0.2) is 11.1 Å². The van der Waals surface area contributed by atoms with Crippen molar-refractivity contribution in [1.82, 2.24) is 25.4 Å². The summed E-state index contributed by atoms with van der Waals surface area (Å²) in [6.45, 7) is 3.13. The van der Waals surface area contributed by atoms with E-state index in [-0.39, 0.29) is 11.5 Å². The van der Waals surface area contributed by atoms with Crippen molar-refractivity contribution in [2.45, 2.75) is 12.8 Å². The van der Waals surface area contributed by atoms with Crippen molar-refractivity contribution >= 4 is 5.91 Å². The number of aryl methyl sites for hydroxylation is 1. The molecule has 17 heavy (non-hydrogen) atoms. The van der Waals surface area contributed by atoms with Gasteiger partial charge in [0.1, 0.15) is 12.0 Å². The Balaban J connectivity index is 1.87. The maximum atomic E-state index is 11.8. The van der Waals surface area contributed by atoms with Crippen LogP contribution in [0.5, 0.6) is 0 Å². The standard InChI is InChI=1S/C10H15N5O2/c16-9(15-5-3-11-4-6-15)2-1-8-10(17)12-7-13-14-8/h7,11H,1-6H2,(H,12,13,17). The average molecular weight is 237 g/mol. The summed E-state index contributed by atoms with van der Waals surface area (Å²) in [4.78, 5) is 27.4. The van der Waals surface area contributed by atoms with Crippen molar-refractivity contribution in [1.29, 1.82) is 0 Å². The monoisotopic (exact) mass is 237 g/mol. The number of nitrogens with one attached hydrogen (secondary N) is 2. The molecule has 2 rings (SSSR count). The summed E-state index contributed by atoms with van der Waals surface area (Å²) in [5.74, 6) is 0.0663. The molecule has 0 radical (unpaired) electrons. The number of amides is 1. The van der Waals surface area contributed by atoms with Gasteiger partial charge in [-0.15, -0.1) is 10.2 Å². The summed E-state index contributed by atoms with van der Waals surface area (Å²) in [5.41, 5.74) is 0.0455. The Kier molecular flexibility index (Phi) is 3.81. The lowest BCUT2D eigenvalue weighted by Crippen LogP contribution is -2.46. The molecule has 0 unspecified atom stereocenters. The fraction of sp³-hybridized carbons (Fsp3) is 0.600. The third-order valence-corrected chi connectivity index (χ3v) is 2.74. The van der Waals surface area contributed by atoms with Crippen molar-refractivity contribution in [2.75, 3.05) is 26.2 Å². The third-order valence-electron chi connectivity index (χ3n) is 2.74. The van der Waals surface area contributed by atoms with Gasteiger partial charge in [-0.3, -0.25) is 9.59 Å². The van der Waals surface area contributed by atoms with E-state index in [0.29, 0.717) is 18.5 Å². The lowest BCUT2D eigenvalue weighted by Gasteiger charge is -2.27. The molecule has 1 aromatic heterocycles. The normalized spacial score (nSPS) is 15.9. The van der Waals surface area contributed by atoms with Crippen LogP contribution in [0.2, 0.25) is 0 Å². The topological polar surface area (TPSA) is 91.0 Å². The Morgan fingerprint density at radius 3 is 2.88 bits per heavy atom. The van der Waals surface area contributed by atoms with Gasteiger partial charge in [-0.1, -0.05) is 0 Å².